The Bertz CT molecular complexity index is 708. The number of pyridine rings is 1. The molecule has 1 atom stereocenters. The molecule has 1 aliphatic carbocycles. The summed E-state index contributed by atoms with van der Waals surface area (Å²) < 4.78 is 6.03. The Hall–Kier alpha value is -2.03. The smallest absolute Gasteiger partial charge is 0.130 e. The van der Waals surface area contributed by atoms with Gasteiger partial charge in [0, 0.05) is 5.69 Å². The normalized spacial score (nSPS) is 20.1. The Kier molecular flexibility index (Phi) is 3.06. The van der Waals surface area contributed by atoms with Gasteiger partial charge in [-0.3, -0.25) is 4.98 Å². The minimum atomic E-state index is 0.284. The molecule has 0 saturated heterocycles. The van der Waals surface area contributed by atoms with Gasteiger partial charge in [-0.15, -0.1) is 6.58 Å². The molecule has 2 heterocycles. The lowest BCUT2D eigenvalue weighted by molar-refractivity contribution is 0.304. The van der Waals surface area contributed by atoms with E-state index in [1.165, 1.54) is 29.8 Å². The second kappa shape index (κ2) is 5.06. The average Bonchev–Trinajstić information content (AvgIpc) is 2.70. The minimum Gasteiger partial charge on any atom is -0.491 e. The molecule has 108 valence electrons. The molecule has 4 rings (SSSR count). The molecule has 0 spiro atoms. The molecule has 2 aliphatic rings. The van der Waals surface area contributed by atoms with E-state index in [0.29, 0.717) is 6.61 Å². The maximum atomic E-state index is 6.03. The number of rotatable bonds is 2. The molecule has 0 saturated carbocycles. The van der Waals surface area contributed by atoms with Crippen LogP contribution in [0, 0.1) is 0 Å². The highest BCUT2D eigenvalue weighted by molar-refractivity contribution is 5.98. The Morgan fingerprint density at radius 3 is 3.14 bits per heavy atom. The first-order valence-corrected chi connectivity index (χ1v) is 7.81. The SMILES string of the molecule is C=CCC1COc2cccc3nc4c(c(c23)N1)CCCC4. The highest BCUT2D eigenvalue weighted by Crippen LogP contribution is 2.40. The summed E-state index contributed by atoms with van der Waals surface area (Å²) >= 11 is 0. The lowest BCUT2D eigenvalue weighted by Crippen LogP contribution is -2.25. The first-order chi connectivity index (χ1) is 10.4. The van der Waals surface area contributed by atoms with Crippen LogP contribution in [0.25, 0.3) is 10.9 Å². The fourth-order valence-electron chi connectivity index (χ4n) is 3.49. The molecular weight excluding hydrogens is 260 g/mol. The third-order valence-corrected chi connectivity index (χ3v) is 4.49. The van der Waals surface area contributed by atoms with Gasteiger partial charge in [0.2, 0.25) is 0 Å². The molecule has 1 aromatic carbocycles. The lowest BCUT2D eigenvalue weighted by Gasteiger charge is -2.22. The van der Waals surface area contributed by atoms with Gasteiger partial charge in [0.25, 0.3) is 0 Å². The van der Waals surface area contributed by atoms with Crippen LogP contribution in [0.15, 0.2) is 30.9 Å². The molecular formula is C18H20N2O. The number of benzene rings is 1. The van der Waals surface area contributed by atoms with Gasteiger partial charge in [-0.25, -0.2) is 0 Å². The highest BCUT2D eigenvalue weighted by Gasteiger charge is 2.24. The molecule has 21 heavy (non-hydrogen) atoms. The topological polar surface area (TPSA) is 34.1 Å². The number of anilines is 1. The van der Waals surface area contributed by atoms with Crippen molar-refractivity contribution in [1.29, 1.82) is 0 Å². The van der Waals surface area contributed by atoms with Gasteiger partial charge in [0.15, 0.2) is 0 Å². The van der Waals surface area contributed by atoms with Crippen molar-refractivity contribution >= 4 is 16.6 Å². The van der Waals surface area contributed by atoms with Crippen LogP contribution in [0.3, 0.4) is 0 Å². The molecule has 1 N–H and O–H groups in total. The van der Waals surface area contributed by atoms with Crippen molar-refractivity contribution in [3.05, 3.63) is 42.1 Å². The van der Waals surface area contributed by atoms with Crippen molar-refractivity contribution in [3.63, 3.8) is 0 Å². The molecule has 2 aromatic rings. The predicted molar refractivity (Wildman–Crippen MR) is 86.1 cm³/mol. The summed E-state index contributed by atoms with van der Waals surface area (Å²) in [6.07, 6.45) is 7.59. The van der Waals surface area contributed by atoms with Gasteiger partial charge >= 0.3 is 0 Å². The first-order valence-electron chi connectivity index (χ1n) is 7.81. The number of ether oxygens (including phenoxy) is 1. The fourth-order valence-corrected chi connectivity index (χ4v) is 3.49. The van der Waals surface area contributed by atoms with Crippen LogP contribution in [0.4, 0.5) is 5.69 Å². The zero-order valence-electron chi connectivity index (χ0n) is 12.2. The second-order valence-corrected chi connectivity index (χ2v) is 5.95. The summed E-state index contributed by atoms with van der Waals surface area (Å²) in [5, 5.41) is 4.87. The lowest BCUT2D eigenvalue weighted by atomic mass is 9.92. The first kappa shape index (κ1) is 12.7. The molecule has 0 radical (unpaired) electrons. The fraction of sp³-hybridized carbons (Fsp3) is 0.389. The third kappa shape index (κ3) is 2.08. The van der Waals surface area contributed by atoms with Crippen molar-refractivity contribution in [1.82, 2.24) is 4.98 Å². The third-order valence-electron chi connectivity index (χ3n) is 4.49. The molecule has 1 unspecified atom stereocenters. The number of nitrogens with zero attached hydrogens (tertiary/aromatic N) is 1. The minimum absolute atomic E-state index is 0.284. The standard InChI is InChI=1S/C18H20N2O/c1-2-6-12-11-21-16-10-5-9-15-17(16)18(19-12)13-7-3-4-8-14(13)20-15/h2,5,9-10,12,19H,1,3-4,6-8,11H2. The number of nitrogens with one attached hydrogen (secondary N) is 1. The maximum Gasteiger partial charge on any atom is 0.130 e. The quantitative estimate of drug-likeness (QED) is 0.848. The zero-order chi connectivity index (χ0) is 14.2. The van der Waals surface area contributed by atoms with Crippen LogP contribution in [0.1, 0.15) is 30.5 Å². The number of aromatic nitrogens is 1. The van der Waals surface area contributed by atoms with Crippen LogP contribution in [-0.2, 0) is 12.8 Å². The molecule has 3 heteroatoms. The van der Waals surface area contributed by atoms with E-state index in [1.807, 2.05) is 12.1 Å². The Balaban J connectivity index is 1.96. The summed E-state index contributed by atoms with van der Waals surface area (Å²) in [5.41, 5.74) is 4.98. The number of hydrogen-bond donors (Lipinski definition) is 1. The van der Waals surface area contributed by atoms with Crippen molar-refractivity contribution in [2.75, 3.05) is 11.9 Å². The van der Waals surface area contributed by atoms with Crippen LogP contribution < -0.4 is 10.1 Å². The van der Waals surface area contributed by atoms with Crippen molar-refractivity contribution in [2.24, 2.45) is 0 Å². The number of aryl methyl sites for hydroxylation is 1. The van der Waals surface area contributed by atoms with Crippen LogP contribution in [0.2, 0.25) is 0 Å². The summed E-state index contributed by atoms with van der Waals surface area (Å²) in [7, 11) is 0. The van der Waals surface area contributed by atoms with Crippen molar-refractivity contribution in [2.45, 2.75) is 38.1 Å². The number of hydrogen-bond acceptors (Lipinski definition) is 3. The van der Waals surface area contributed by atoms with E-state index < -0.39 is 0 Å². The monoisotopic (exact) mass is 280 g/mol. The largest absolute Gasteiger partial charge is 0.491 e. The van der Waals surface area contributed by atoms with Crippen molar-refractivity contribution < 1.29 is 4.74 Å². The van der Waals surface area contributed by atoms with E-state index >= 15 is 0 Å². The predicted octanol–water partition coefficient (Wildman–Crippen LogP) is 3.86. The Labute approximate surface area is 125 Å². The van der Waals surface area contributed by atoms with Gasteiger partial charge in [0.05, 0.1) is 22.6 Å². The van der Waals surface area contributed by atoms with E-state index in [4.69, 9.17) is 9.72 Å². The van der Waals surface area contributed by atoms with Crippen LogP contribution in [-0.4, -0.2) is 17.6 Å². The molecule has 0 amide bonds. The Morgan fingerprint density at radius 1 is 1.33 bits per heavy atom. The molecule has 3 nitrogen and oxygen atoms in total. The summed E-state index contributed by atoms with van der Waals surface area (Å²) in [4.78, 5) is 4.89. The van der Waals surface area contributed by atoms with Crippen LogP contribution >= 0.6 is 0 Å². The summed E-state index contributed by atoms with van der Waals surface area (Å²) in [5.74, 6) is 0.961. The zero-order valence-corrected chi connectivity index (χ0v) is 12.2. The molecule has 0 bridgehead atoms. The van der Waals surface area contributed by atoms with E-state index in [9.17, 15) is 0 Å². The molecule has 1 aromatic heterocycles. The van der Waals surface area contributed by atoms with Crippen LogP contribution in [0.5, 0.6) is 5.75 Å². The second-order valence-electron chi connectivity index (χ2n) is 5.95. The van der Waals surface area contributed by atoms with Gasteiger partial charge in [0.1, 0.15) is 12.4 Å². The van der Waals surface area contributed by atoms with E-state index in [1.54, 1.807) is 0 Å². The highest BCUT2D eigenvalue weighted by atomic mass is 16.5. The summed E-state index contributed by atoms with van der Waals surface area (Å²) in [6, 6.07) is 6.47. The van der Waals surface area contributed by atoms with E-state index in [2.05, 4.69) is 24.0 Å². The van der Waals surface area contributed by atoms with E-state index in [-0.39, 0.29) is 6.04 Å². The van der Waals surface area contributed by atoms with Crippen molar-refractivity contribution in [3.8, 4) is 5.75 Å². The van der Waals surface area contributed by atoms with Gasteiger partial charge in [-0.1, -0.05) is 12.1 Å². The molecule has 0 fully saturated rings. The number of fused-ring (bicyclic) bond motifs is 2. The maximum absolute atomic E-state index is 6.03. The van der Waals surface area contributed by atoms with Gasteiger partial charge in [-0.2, -0.15) is 0 Å². The average molecular weight is 280 g/mol. The molecule has 1 aliphatic heterocycles. The van der Waals surface area contributed by atoms with Gasteiger partial charge in [-0.05, 0) is 49.8 Å². The van der Waals surface area contributed by atoms with E-state index in [0.717, 1.165) is 35.9 Å². The Morgan fingerprint density at radius 2 is 2.24 bits per heavy atom. The van der Waals surface area contributed by atoms with Gasteiger partial charge < -0.3 is 10.1 Å². The summed E-state index contributed by atoms with van der Waals surface area (Å²) in [6.45, 7) is 4.54.